The number of aliphatic hydroxyl groups excluding tert-OH is 2. The summed E-state index contributed by atoms with van der Waals surface area (Å²) in [5.41, 5.74) is 1.25. The molecule has 1 aliphatic rings. The van der Waals surface area contributed by atoms with Crippen LogP contribution >= 0.6 is 15.9 Å². The molecule has 0 saturated heterocycles. The lowest BCUT2D eigenvalue weighted by Crippen LogP contribution is -2.33. The maximum atomic E-state index is 11.5. The Morgan fingerprint density at radius 2 is 1.83 bits per heavy atom. The Hall–Kier alpha value is -0.950. The minimum absolute atomic E-state index is 0.149. The topological polar surface area (TPSA) is 70.0 Å². The van der Waals surface area contributed by atoms with Crippen LogP contribution in [0, 0.1) is 0 Å². The van der Waals surface area contributed by atoms with Crippen LogP contribution in [0.4, 0.5) is 0 Å². The van der Waals surface area contributed by atoms with E-state index in [2.05, 4.69) is 15.9 Å². The number of fused-ring (bicyclic) bond motifs is 1. The van der Waals surface area contributed by atoms with Crippen LogP contribution in [-0.2, 0) is 9.53 Å². The van der Waals surface area contributed by atoms with Gasteiger partial charge in [-0.1, -0.05) is 40.2 Å². The first-order chi connectivity index (χ1) is 8.65. The number of carbonyl (C=O) groups is 1. The molecule has 0 bridgehead atoms. The van der Waals surface area contributed by atoms with Crippen LogP contribution in [0.15, 0.2) is 24.3 Å². The maximum Gasteiger partial charge on any atom is 0.320 e. The van der Waals surface area contributed by atoms with E-state index < -0.39 is 18.4 Å². The van der Waals surface area contributed by atoms with Gasteiger partial charge >= 0.3 is 5.97 Å². The zero-order chi connectivity index (χ0) is 13.1. The Labute approximate surface area is 113 Å². The third-order valence-corrected chi connectivity index (χ3v) is 3.16. The van der Waals surface area contributed by atoms with E-state index >= 15 is 0 Å². The largest absolute Gasteiger partial charge is 0.464 e. The van der Waals surface area contributed by atoms with E-state index in [1.54, 1.807) is 24.3 Å². The molecule has 0 spiro atoms. The van der Waals surface area contributed by atoms with Gasteiger partial charge in [-0.15, -0.1) is 0 Å². The molecule has 0 amide bonds. The fourth-order valence-corrected chi connectivity index (χ4v) is 2.15. The van der Waals surface area contributed by atoms with Gasteiger partial charge < -0.3 is 14.9 Å². The minimum Gasteiger partial charge on any atom is -0.464 e. The molecule has 2 rings (SSSR count). The lowest BCUT2D eigenvalue weighted by molar-refractivity contribution is -0.154. The zero-order valence-electron chi connectivity index (χ0n) is 9.62. The molecule has 0 fully saturated rings. The molecule has 5 nitrogen and oxygen atoms in total. The van der Waals surface area contributed by atoms with Gasteiger partial charge in [-0.05, 0) is 0 Å². The number of carbonyl (C=O) groups excluding carboxylic acids is 1. The average Bonchev–Trinajstić information content (AvgIpc) is 2.62. The summed E-state index contributed by atoms with van der Waals surface area (Å²) in [4.78, 5) is 12.8. The van der Waals surface area contributed by atoms with Crippen LogP contribution in [0.3, 0.4) is 0 Å². The molecule has 6 heteroatoms. The minimum atomic E-state index is -0.979. The standard InChI is InChI=1S/C12H14BrNO4/c13-5-6-18-10(15)7-14-11(16)8-3-1-2-4-9(8)12(14)17/h1-4,11-12,16-17H,5-7H2. The second-order valence-electron chi connectivity index (χ2n) is 3.96. The SMILES string of the molecule is O=C(CN1C(O)c2ccccc2C1O)OCCBr. The molecular formula is C12H14BrNO4. The van der Waals surface area contributed by atoms with Crippen LogP contribution in [0.2, 0.25) is 0 Å². The molecule has 1 aromatic rings. The van der Waals surface area contributed by atoms with Crippen molar-refractivity contribution in [3.05, 3.63) is 35.4 Å². The fraction of sp³-hybridized carbons (Fsp3) is 0.417. The van der Waals surface area contributed by atoms with Crippen molar-refractivity contribution in [2.45, 2.75) is 12.5 Å². The average molecular weight is 316 g/mol. The third-order valence-electron chi connectivity index (χ3n) is 2.83. The highest BCUT2D eigenvalue weighted by Crippen LogP contribution is 2.38. The van der Waals surface area contributed by atoms with Gasteiger partial charge in [0, 0.05) is 16.5 Å². The summed E-state index contributed by atoms with van der Waals surface area (Å²) in [5, 5.41) is 20.6. The number of benzene rings is 1. The van der Waals surface area contributed by atoms with E-state index in [-0.39, 0.29) is 13.2 Å². The van der Waals surface area contributed by atoms with Crippen molar-refractivity contribution in [1.29, 1.82) is 0 Å². The predicted molar refractivity (Wildman–Crippen MR) is 67.8 cm³/mol. The van der Waals surface area contributed by atoms with E-state index in [0.29, 0.717) is 16.5 Å². The third kappa shape index (κ3) is 2.56. The Morgan fingerprint density at radius 1 is 1.28 bits per heavy atom. The molecular weight excluding hydrogens is 302 g/mol. The van der Waals surface area contributed by atoms with E-state index in [9.17, 15) is 15.0 Å². The Kier molecular flexibility index (Phi) is 4.34. The number of hydrogen-bond donors (Lipinski definition) is 2. The summed E-state index contributed by atoms with van der Waals surface area (Å²) < 4.78 is 4.90. The lowest BCUT2D eigenvalue weighted by Gasteiger charge is -2.22. The van der Waals surface area contributed by atoms with Gasteiger partial charge in [0.05, 0.1) is 0 Å². The van der Waals surface area contributed by atoms with Gasteiger partial charge in [0.2, 0.25) is 0 Å². The number of alkyl halides is 1. The van der Waals surface area contributed by atoms with Crippen molar-refractivity contribution in [3.8, 4) is 0 Å². The smallest absolute Gasteiger partial charge is 0.320 e. The predicted octanol–water partition coefficient (Wildman–Crippen LogP) is 0.922. The van der Waals surface area contributed by atoms with Gasteiger partial charge in [0.25, 0.3) is 0 Å². The Morgan fingerprint density at radius 3 is 2.33 bits per heavy atom. The van der Waals surface area contributed by atoms with Crippen LogP contribution in [0.5, 0.6) is 0 Å². The molecule has 2 N–H and O–H groups in total. The van der Waals surface area contributed by atoms with E-state index in [1.807, 2.05) is 0 Å². The van der Waals surface area contributed by atoms with Gasteiger partial charge in [-0.25, -0.2) is 4.90 Å². The maximum absolute atomic E-state index is 11.5. The second kappa shape index (κ2) is 5.79. The van der Waals surface area contributed by atoms with Crippen LogP contribution < -0.4 is 0 Å². The number of rotatable bonds is 4. The normalized spacial score (nSPS) is 22.8. The summed E-state index contributed by atoms with van der Waals surface area (Å²) in [6, 6.07) is 7.02. The monoisotopic (exact) mass is 315 g/mol. The van der Waals surface area contributed by atoms with Gasteiger partial charge in [-0.2, -0.15) is 0 Å². The summed E-state index contributed by atoms with van der Waals surface area (Å²) in [6.45, 7) is 0.121. The summed E-state index contributed by atoms with van der Waals surface area (Å²) >= 11 is 3.15. The lowest BCUT2D eigenvalue weighted by atomic mass is 10.1. The Balaban J connectivity index is 2.06. The molecule has 98 valence electrons. The molecule has 0 saturated carbocycles. The quantitative estimate of drug-likeness (QED) is 0.639. The summed E-state index contributed by atoms with van der Waals surface area (Å²) in [7, 11) is 0. The van der Waals surface area contributed by atoms with Crippen LogP contribution in [-0.4, -0.2) is 39.6 Å². The van der Waals surface area contributed by atoms with Gasteiger partial charge in [-0.3, -0.25) is 4.79 Å². The first-order valence-corrected chi connectivity index (χ1v) is 6.69. The van der Waals surface area contributed by atoms with Crippen LogP contribution in [0.1, 0.15) is 23.6 Å². The highest BCUT2D eigenvalue weighted by atomic mass is 79.9. The van der Waals surface area contributed by atoms with Gasteiger partial charge in [0.15, 0.2) is 0 Å². The van der Waals surface area contributed by atoms with Crippen molar-refractivity contribution in [3.63, 3.8) is 0 Å². The number of ether oxygens (including phenoxy) is 1. The van der Waals surface area contributed by atoms with Crippen LogP contribution in [0.25, 0.3) is 0 Å². The molecule has 0 aromatic heterocycles. The summed E-state index contributed by atoms with van der Waals surface area (Å²) in [5.74, 6) is -0.472. The first-order valence-electron chi connectivity index (χ1n) is 5.57. The van der Waals surface area contributed by atoms with E-state index in [0.717, 1.165) is 0 Å². The highest BCUT2D eigenvalue weighted by molar-refractivity contribution is 9.09. The highest BCUT2D eigenvalue weighted by Gasteiger charge is 2.37. The molecule has 1 heterocycles. The van der Waals surface area contributed by atoms with Crippen molar-refractivity contribution < 1.29 is 19.7 Å². The van der Waals surface area contributed by atoms with Crippen molar-refractivity contribution >= 4 is 21.9 Å². The van der Waals surface area contributed by atoms with E-state index in [1.165, 1.54) is 4.90 Å². The molecule has 0 aliphatic carbocycles. The first kappa shape index (κ1) is 13.5. The van der Waals surface area contributed by atoms with Crippen molar-refractivity contribution in [2.75, 3.05) is 18.5 Å². The molecule has 1 aromatic carbocycles. The molecule has 2 unspecified atom stereocenters. The molecule has 2 atom stereocenters. The van der Waals surface area contributed by atoms with E-state index in [4.69, 9.17) is 4.74 Å². The fourth-order valence-electron chi connectivity index (χ4n) is 1.99. The van der Waals surface area contributed by atoms with Crippen molar-refractivity contribution in [1.82, 2.24) is 4.90 Å². The zero-order valence-corrected chi connectivity index (χ0v) is 11.2. The molecule has 1 aliphatic heterocycles. The molecule has 18 heavy (non-hydrogen) atoms. The second-order valence-corrected chi connectivity index (χ2v) is 4.75. The number of hydrogen-bond acceptors (Lipinski definition) is 5. The molecule has 0 radical (unpaired) electrons. The number of halogens is 1. The summed E-state index contributed by atoms with van der Waals surface area (Å²) in [6.07, 6.45) is -1.96. The number of aliphatic hydroxyl groups is 2. The number of esters is 1. The van der Waals surface area contributed by atoms with Crippen molar-refractivity contribution in [2.24, 2.45) is 0 Å². The van der Waals surface area contributed by atoms with Gasteiger partial charge in [0.1, 0.15) is 25.6 Å². The number of nitrogens with zero attached hydrogens (tertiary/aromatic N) is 1. The Bertz CT molecular complexity index is 411.